The molecule has 0 fully saturated rings. The van der Waals surface area contributed by atoms with Gasteiger partial charge >= 0.3 is 0 Å². The summed E-state index contributed by atoms with van der Waals surface area (Å²) in [5.74, 6) is 1.88. The smallest absolute Gasteiger partial charge is 0.238 e. The van der Waals surface area contributed by atoms with Crippen LogP contribution in [0.1, 0.15) is 52.7 Å². The quantitative estimate of drug-likeness (QED) is 0.182. The minimum absolute atomic E-state index is 0.00965. The van der Waals surface area contributed by atoms with Gasteiger partial charge in [-0.2, -0.15) is 9.97 Å². The summed E-state index contributed by atoms with van der Waals surface area (Å²) in [5.41, 5.74) is 11.4. The first-order chi connectivity index (χ1) is 25.0. The summed E-state index contributed by atoms with van der Waals surface area (Å²) in [5, 5.41) is 2.41. The molecule has 0 radical (unpaired) electrons. The Morgan fingerprint density at radius 1 is 0.385 bits per heavy atom. The van der Waals surface area contributed by atoms with Gasteiger partial charge < -0.3 is 0 Å². The molecule has 0 N–H and O–H groups in total. The number of aromatic nitrogens is 4. The number of benzene rings is 6. The predicted molar refractivity (Wildman–Crippen MR) is 216 cm³/mol. The number of para-hydroxylation sites is 1. The van der Waals surface area contributed by atoms with Gasteiger partial charge in [0.1, 0.15) is 0 Å². The van der Waals surface area contributed by atoms with Crippen LogP contribution in [0.2, 0.25) is 0 Å². The SMILES string of the molecule is CC1(C)c2cc3c4ccccc4n(-c4nc(-c5ccccc5)nc(-c5cc(-c6ccccc6)cc(-c6ccccc6)c5)n4)c3cc2C(C)(C)C1(C)C. The lowest BCUT2D eigenvalue weighted by Crippen LogP contribution is -2.42. The summed E-state index contributed by atoms with van der Waals surface area (Å²) >= 11 is 0. The highest BCUT2D eigenvalue weighted by atomic mass is 15.2. The largest absolute Gasteiger partial charge is 0.278 e. The lowest BCUT2D eigenvalue weighted by molar-refractivity contribution is 0.125. The summed E-state index contributed by atoms with van der Waals surface area (Å²) < 4.78 is 2.26. The molecule has 4 nitrogen and oxygen atoms in total. The van der Waals surface area contributed by atoms with Crippen LogP contribution in [0.5, 0.6) is 0 Å². The van der Waals surface area contributed by atoms with E-state index in [1.54, 1.807) is 0 Å². The van der Waals surface area contributed by atoms with Crippen LogP contribution < -0.4 is 0 Å². The Hall–Kier alpha value is -5.87. The maximum atomic E-state index is 5.37. The molecular weight excluding hydrogens is 633 g/mol. The third kappa shape index (κ3) is 4.77. The summed E-state index contributed by atoms with van der Waals surface area (Å²) in [7, 11) is 0. The Morgan fingerprint density at radius 2 is 0.846 bits per heavy atom. The number of nitrogens with zero attached hydrogens (tertiary/aromatic N) is 4. The number of hydrogen-bond donors (Lipinski definition) is 0. The van der Waals surface area contributed by atoms with E-state index < -0.39 is 0 Å². The normalized spacial score (nSPS) is 15.6. The fourth-order valence-corrected chi connectivity index (χ4v) is 8.38. The fourth-order valence-electron chi connectivity index (χ4n) is 8.38. The van der Waals surface area contributed by atoms with Gasteiger partial charge in [0.25, 0.3) is 0 Å². The predicted octanol–water partition coefficient (Wildman–Crippen LogP) is 12.2. The molecule has 2 heterocycles. The van der Waals surface area contributed by atoms with E-state index in [2.05, 4.69) is 174 Å². The van der Waals surface area contributed by atoms with Gasteiger partial charge in [0.05, 0.1) is 11.0 Å². The molecule has 0 spiro atoms. The van der Waals surface area contributed by atoms with Crippen LogP contribution in [-0.4, -0.2) is 19.5 Å². The summed E-state index contributed by atoms with van der Waals surface area (Å²) in [6, 6.07) is 51.5. The highest BCUT2D eigenvalue weighted by Crippen LogP contribution is 2.62. The molecule has 8 aromatic rings. The second-order valence-electron chi connectivity index (χ2n) is 15.8. The first kappa shape index (κ1) is 32.1. The monoisotopic (exact) mass is 674 g/mol. The average Bonchev–Trinajstić information content (AvgIpc) is 3.55. The average molecular weight is 675 g/mol. The molecule has 0 saturated heterocycles. The molecule has 0 unspecified atom stereocenters. The van der Waals surface area contributed by atoms with Gasteiger partial charge in [-0.3, -0.25) is 4.57 Å². The van der Waals surface area contributed by atoms with Gasteiger partial charge in [-0.05, 0) is 86.0 Å². The molecule has 0 atom stereocenters. The van der Waals surface area contributed by atoms with Crippen molar-refractivity contribution in [3.05, 3.63) is 157 Å². The molecule has 0 saturated carbocycles. The van der Waals surface area contributed by atoms with E-state index in [9.17, 15) is 0 Å². The second-order valence-corrected chi connectivity index (χ2v) is 15.8. The Labute approximate surface area is 305 Å². The van der Waals surface area contributed by atoms with Crippen LogP contribution in [0, 0.1) is 5.41 Å². The first-order valence-electron chi connectivity index (χ1n) is 18.2. The van der Waals surface area contributed by atoms with Crippen LogP contribution in [0.3, 0.4) is 0 Å². The molecule has 0 amide bonds. The van der Waals surface area contributed by atoms with Crippen molar-refractivity contribution in [1.29, 1.82) is 0 Å². The number of rotatable bonds is 5. The van der Waals surface area contributed by atoms with Gasteiger partial charge in [-0.1, -0.05) is 151 Å². The van der Waals surface area contributed by atoms with Crippen LogP contribution in [0.25, 0.3) is 72.8 Å². The number of hydrogen-bond acceptors (Lipinski definition) is 3. The molecule has 9 rings (SSSR count). The van der Waals surface area contributed by atoms with Crippen molar-refractivity contribution in [2.24, 2.45) is 5.41 Å². The molecular formula is C48H42N4. The number of fused-ring (bicyclic) bond motifs is 4. The third-order valence-corrected chi connectivity index (χ3v) is 12.5. The van der Waals surface area contributed by atoms with Crippen molar-refractivity contribution in [2.75, 3.05) is 0 Å². The zero-order chi connectivity index (χ0) is 35.8. The molecule has 52 heavy (non-hydrogen) atoms. The van der Waals surface area contributed by atoms with Crippen molar-refractivity contribution in [1.82, 2.24) is 19.5 Å². The van der Waals surface area contributed by atoms with E-state index in [0.29, 0.717) is 17.6 Å². The molecule has 4 heteroatoms. The zero-order valence-corrected chi connectivity index (χ0v) is 30.6. The lowest BCUT2D eigenvalue weighted by atomic mass is 9.59. The Balaban J connectivity index is 1.34. The maximum absolute atomic E-state index is 5.37. The van der Waals surface area contributed by atoms with Crippen LogP contribution in [-0.2, 0) is 10.8 Å². The van der Waals surface area contributed by atoms with E-state index >= 15 is 0 Å². The van der Waals surface area contributed by atoms with E-state index in [1.165, 1.54) is 21.9 Å². The standard InChI is InChI=1S/C48H42N4/c1-46(2)39-29-38-37-24-16-17-25-41(37)52(42(38)30-40(39)47(3,4)48(46,5)6)45-50-43(33-22-14-9-15-23-33)49-44(51-45)36-27-34(31-18-10-7-11-19-31)26-35(28-36)32-20-12-8-13-21-32/h7-30H,1-6H3. The Kier molecular flexibility index (Phi) is 7.14. The summed E-state index contributed by atoms with van der Waals surface area (Å²) in [4.78, 5) is 15.8. The first-order valence-corrected chi connectivity index (χ1v) is 18.2. The molecule has 0 bridgehead atoms. The van der Waals surface area contributed by atoms with Gasteiger partial charge in [0.2, 0.25) is 5.95 Å². The highest BCUT2D eigenvalue weighted by molar-refractivity contribution is 6.09. The summed E-state index contributed by atoms with van der Waals surface area (Å²) in [6.45, 7) is 14.4. The minimum Gasteiger partial charge on any atom is -0.278 e. The maximum Gasteiger partial charge on any atom is 0.238 e. The Bertz CT molecular complexity index is 2570. The lowest BCUT2D eigenvalue weighted by Gasteiger charge is -2.44. The van der Waals surface area contributed by atoms with Crippen LogP contribution in [0.15, 0.2) is 146 Å². The minimum atomic E-state index is -0.0491. The molecule has 2 aromatic heterocycles. The van der Waals surface area contributed by atoms with Crippen molar-refractivity contribution < 1.29 is 0 Å². The summed E-state index contributed by atoms with van der Waals surface area (Å²) in [6.07, 6.45) is 0. The molecule has 0 aliphatic heterocycles. The van der Waals surface area contributed by atoms with E-state index in [1.807, 2.05) is 18.2 Å². The molecule has 254 valence electrons. The van der Waals surface area contributed by atoms with Crippen molar-refractivity contribution in [3.63, 3.8) is 0 Å². The van der Waals surface area contributed by atoms with E-state index in [4.69, 9.17) is 15.0 Å². The van der Waals surface area contributed by atoms with Crippen molar-refractivity contribution in [2.45, 2.75) is 52.4 Å². The van der Waals surface area contributed by atoms with Gasteiger partial charge in [0.15, 0.2) is 11.6 Å². The Morgan fingerprint density at radius 3 is 1.42 bits per heavy atom. The van der Waals surface area contributed by atoms with Gasteiger partial charge in [-0.25, -0.2) is 4.98 Å². The van der Waals surface area contributed by atoms with Crippen molar-refractivity contribution >= 4 is 21.8 Å². The van der Waals surface area contributed by atoms with Crippen molar-refractivity contribution in [3.8, 4) is 51.0 Å². The van der Waals surface area contributed by atoms with Crippen LogP contribution in [0.4, 0.5) is 0 Å². The zero-order valence-electron chi connectivity index (χ0n) is 30.6. The van der Waals surface area contributed by atoms with E-state index in [0.717, 1.165) is 44.4 Å². The third-order valence-electron chi connectivity index (χ3n) is 12.5. The highest BCUT2D eigenvalue weighted by Gasteiger charge is 2.57. The molecule has 1 aliphatic rings. The van der Waals surface area contributed by atoms with Gasteiger partial charge in [-0.15, -0.1) is 0 Å². The fraction of sp³-hybridized carbons (Fsp3) is 0.188. The second kappa shape index (κ2) is 11.6. The van der Waals surface area contributed by atoms with Gasteiger partial charge in [0, 0.05) is 21.9 Å². The topological polar surface area (TPSA) is 43.6 Å². The van der Waals surface area contributed by atoms with E-state index in [-0.39, 0.29) is 16.2 Å². The molecule has 6 aromatic carbocycles. The molecule has 1 aliphatic carbocycles. The van der Waals surface area contributed by atoms with Crippen LogP contribution >= 0.6 is 0 Å².